The van der Waals surface area contributed by atoms with Crippen LogP contribution in [0.1, 0.15) is 46.0 Å². The lowest BCUT2D eigenvalue weighted by Gasteiger charge is -2.31. The summed E-state index contributed by atoms with van der Waals surface area (Å²) in [5.74, 6) is -0.283. The van der Waals surface area contributed by atoms with Crippen LogP contribution < -0.4 is 5.73 Å². The Morgan fingerprint density at radius 3 is 2.75 bits per heavy atom. The molecule has 94 valence electrons. The van der Waals surface area contributed by atoms with Gasteiger partial charge in [-0.25, -0.2) is 4.79 Å². The van der Waals surface area contributed by atoms with Gasteiger partial charge in [-0.05, 0) is 31.6 Å². The zero-order valence-corrected chi connectivity index (χ0v) is 10.2. The smallest absolute Gasteiger partial charge is 0.332 e. The molecule has 0 saturated heterocycles. The summed E-state index contributed by atoms with van der Waals surface area (Å²) in [6.07, 6.45) is 3.53. The number of ether oxygens (including phenoxy) is 1. The maximum absolute atomic E-state index is 11.1. The highest BCUT2D eigenvalue weighted by atomic mass is 16.5. The zero-order chi connectivity index (χ0) is 12.2. The number of nitrogens with two attached hydrogens (primary N) is 1. The van der Waals surface area contributed by atoms with Crippen molar-refractivity contribution in [3.05, 3.63) is 0 Å². The van der Waals surface area contributed by atoms with E-state index in [9.17, 15) is 4.79 Å². The van der Waals surface area contributed by atoms with E-state index in [1.54, 1.807) is 0 Å². The van der Waals surface area contributed by atoms with Gasteiger partial charge >= 0.3 is 5.97 Å². The fourth-order valence-corrected chi connectivity index (χ4v) is 2.49. The second-order valence-electron chi connectivity index (χ2n) is 4.97. The Hall–Kier alpha value is -0.610. The highest BCUT2D eigenvalue weighted by Crippen LogP contribution is 2.37. The van der Waals surface area contributed by atoms with Crippen molar-refractivity contribution in [1.82, 2.24) is 0 Å². The van der Waals surface area contributed by atoms with E-state index in [2.05, 4.69) is 6.92 Å². The lowest BCUT2D eigenvalue weighted by molar-refractivity contribution is -0.164. The van der Waals surface area contributed by atoms with Crippen LogP contribution in [0.2, 0.25) is 0 Å². The van der Waals surface area contributed by atoms with Gasteiger partial charge in [0.05, 0.1) is 5.60 Å². The summed E-state index contributed by atoms with van der Waals surface area (Å²) in [6.45, 7) is 4.55. The van der Waals surface area contributed by atoms with E-state index in [1.807, 2.05) is 6.92 Å². The predicted molar refractivity (Wildman–Crippen MR) is 62.2 cm³/mol. The topological polar surface area (TPSA) is 72.5 Å². The Labute approximate surface area is 97.2 Å². The molecule has 16 heavy (non-hydrogen) atoms. The first-order chi connectivity index (χ1) is 7.53. The molecule has 0 aromatic heterocycles. The summed E-state index contributed by atoms with van der Waals surface area (Å²) in [6, 6.07) is 0. The maximum Gasteiger partial charge on any atom is 0.332 e. The molecule has 3 N–H and O–H groups in total. The Kier molecular flexibility index (Phi) is 4.74. The van der Waals surface area contributed by atoms with Crippen molar-refractivity contribution in [1.29, 1.82) is 0 Å². The molecule has 1 aliphatic rings. The summed E-state index contributed by atoms with van der Waals surface area (Å²) >= 11 is 0. The molecule has 3 atom stereocenters. The monoisotopic (exact) mass is 229 g/mol. The molecule has 0 aromatic carbocycles. The maximum atomic E-state index is 11.1. The number of carboxylic acids is 1. The Bertz CT molecular complexity index is 244. The highest BCUT2D eigenvalue weighted by Gasteiger charge is 2.40. The van der Waals surface area contributed by atoms with E-state index >= 15 is 0 Å². The average molecular weight is 229 g/mol. The Balaban J connectivity index is 2.63. The van der Waals surface area contributed by atoms with Crippen molar-refractivity contribution < 1.29 is 14.6 Å². The van der Waals surface area contributed by atoms with Gasteiger partial charge < -0.3 is 15.6 Å². The first kappa shape index (κ1) is 13.5. The Morgan fingerprint density at radius 1 is 1.69 bits per heavy atom. The van der Waals surface area contributed by atoms with Gasteiger partial charge in [0, 0.05) is 6.54 Å². The van der Waals surface area contributed by atoms with E-state index in [0.29, 0.717) is 18.9 Å². The average Bonchev–Trinajstić information content (AvgIpc) is 2.60. The lowest BCUT2D eigenvalue weighted by Crippen LogP contribution is -2.43. The van der Waals surface area contributed by atoms with Crippen molar-refractivity contribution in [3.8, 4) is 0 Å². The van der Waals surface area contributed by atoms with Crippen LogP contribution in [-0.4, -0.2) is 29.3 Å². The lowest BCUT2D eigenvalue weighted by atomic mass is 10.00. The molecule has 0 aliphatic heterocycles. The first-order valence-electron chi connectivity index (χ1n) is 6.13. The molecule has 0 radical (unpaired) electrons. The largest absolute Gasteiger partial charge is 0.479 e. The molecular weight excluding hydrogens is 206 g/mol. The van der Waals surface area contributed by atoms with Crippen molar-refractivity contribution in [3.63, 3.8) is 0 Å². The number of carboxylic acid groups (broad SMARTS) is 1. The van der Waals surface area contributed by atoms with Crippen LogP contribution in [0.25, 0.3) is 0 Å². The summed E-state index contributed by atoms with van der Waals surface area (Å²) in [5.41, 5.74) is 5.37. The molecule has 0 aromatic rings. The normalized spacial score (nSPS) is 31.6. The highest BCUT2D eigenvalue weighted by molar-refractivity contribution is 5.72. The second kappa shape index (κ2) is 5.64. The third-order valence-electron chi connectivity index (χ3n) is 3.40. The predicted octanol–water partition coefficient (Wildman–Crippen LogP) is 1.77. The first-order valence-corrected chi connectivity index (χ1v) is 6.13. The summed E-state index contributed by atoms with van der Waals surface area (Å²) in [4.78, 5) is 11.1. The van der Waals surface area contributed by atoms with E-state index in [-0.39, 0.29) is 0 Å². The van der Waals surface area contributed by atoms with Crippen LogP contribution in [0, 0.1) is 5.92 Å². The summed E-state index contributed by atoms with van der Waals surface area (Å²) in [5, 5.41) is 9.07. The van der Waals surface area contributed by atoms with E-state index < -0.39 is 17.7 Å². The van der Waals surface area contributed by atoms with Gasteiger partial charge in [-0.15, -0.1) is 0 Å². The molecule has 0 heterocycles. The molecule has 1 aliphatic carbocycles. The van der Waals surface area contributed by atoms with Crippen LogP contribution in [-0.2, 0) is 9.53 Å². The molecule has 1 rings (SSSR count). The molecular formula is C12H23NO3. The van der Waals surface area contributed by atoms with Gasteiger partial charge in [0.25, 0.3) is 0 Å². The van der Waals surface area contributed by atoms with E-state index in [0.717, 1.165) is 25.7 Å². The number of hydrogen-bond donors (Lipinski definition) is 2. The summed E-state index contributed by atoms with van der Waals surface area (Å²) in [7, 11) is 0. The minimum Gasteiger partial charge on any atom is -0.479 e. The van der Waals surface area contributed by atoms with Crippen LogP contribution in [0.3, 0.4) is 0 Å². The van der Waals surface area contributed by atoms with Gasteiger partial charge in [-0.3, -0.25) is 0 Å². The van der Waals surface area contributed by atoms with Crippen molar-refractivity contribution in [2.75, 3.05) is 6.54 Å². The van der Waals surface area contributed by atoms with Crippen molar-refractivity contribution in [2.45, 2.75) is 57.7 Å². The second-order valence-corrected chi connectivity index (χ2v) is 4.97. The molecule has 0 bridgehead atoms. The van der Waals surface area contributed by atoms with Gasteiger partial charge in [0.2, 0.25) is 0 Å². The van der Waals surface area contributed by atoms with Crippen LogP contribution in [0.5, 0.6) is 0 Å². The van der Waals surface area contributed by atoms with E-state index in [1.165, 1.54) is 0 Å². The van der Waals surface area contributed by atoms with Gasteiger partial charge in [0.1, 0.15) is 0 Å². The molecule has 0 amide bonds. The SMILES string of the molecule is CCCC(OC1(CN)CCC(C)C1)C(=O)O. The quantitative estimate of drug-likeness (QED) is 0.728. The molecule has 4 heteroatoms. The number of rotatable bonds is 6. The van der Waals surface area contributed by atoms with Crippen LogP contribution >= 0.6 is 0 Å². The Morgan fingerprint density at radius 2 is 2.38 bits per heavy atom. The van der Waals surface area contributed by atoms with Gasteiger partial charge in [-0.2, -0.15) is 0 Å². The molecule has 4 nitrogen and oxygen atoms in total. The minimum atomic E-state index is -0.866. The fraction of sp³-hybridized carbons (Fsp3) is 0.917. The van der Waals surface area contributed by atoms with Crippen molar-refractivity contribution >= 4 is 5.97 Å². The van der Waals surface area contributed by atoms with E-state index in [4.69, 9.17) is 15.6 Å². The number of hydrogen-bond acceptors (Lipinski definition) is 3. The number of carbonyl (C=O) groups is 1. The minimum absolute atomic E-state index is 0.391. The molecule has 0 spiro atoms. The number of aliphatic carboxylic acids is 1. The third kappa shape index (κ3) is 3.19. The fourth-order valence-electron chi connectivity index (χ4n) is 2.49. The van der Waals surface area contributed by atoms with Gasteiger partial charge in [0.15, 0.2) is 6.10 Å². The van der Waals surface area contributed by atoms with Crippen molar-refractivity contribution in [2.24, 2.45) is 11.7 Å². The third-order valence-corrected chi connectivity index (χ3v) is 3.40. The van der Waals surface area contributed by atoms with Crippen LogP contribution in [0.4, 0.5) is 0 Å². The zero-order valence-electron chi connectivity index (χ0n) is 10.2. The molecule has 3 unspecified atom stereocenters. The standard InChI is InChI=1S/C12H23NO3/c1-3-4-10(11(14)15)16-12(8-13)6-5-9(2)7-12/h9-10H,3-8,13H2,1-2H3,(H,14,15). The van der Waals surface area contributed by atoms with Crippen LogP contribution in [0.15, 0.2) is 0 Å². The van der Waals surface area contributed by atoms with Gasteiger partial charge in [-0.1, -0.05) is 20.3 Å². The molecule has 1 fully saturated rings. The summed E-state index contributed by atoms with van der Waals surface area (Å²) < 4.78 is 5.80. The molecule has 1 saturated carbocycles.